The molecular weight excluding hydrogens is 406 g/mol. The summed E-state index contributed by atoms with van der Waals surface area (Å²) in [5.74, 6) is 2.26. The van der Waals surface area contributed by atoms with Crippen molar-refractivity contribution in [1.82, 2.24) is 0 Å². The summed E-state index contributed by atoms with van der Waals surface area (Å²) in [4.78, 5) is 26.0. The number of hydrogen-bond donors (Lipinski definition) is 0. The summed E-state index contributed by atoms with van der Waals surface area (Å²) in [7, 11) is 0. The number of fused-ring (bicyclic) bond motifs is 1. The summed E-state index contributed by atoms with van der Waals surface area (Å²) in [5.41, 5.74) is 3.31. The van der Waals surface area contributed by atoms with E-state index in [2.05, 4.69) is 0 Å². The zero-order valence-corrected chi connectivity index (χ0v) is 17.7. The Kier molecular flexibility index (Phi) is 6.67. The van der Waals surface area contributed by atoms with E-state index in [1.165, 1.54) is 23.5 Å². The second-order valence-electron chi connectivity index (χ2n) is 6.87. The number of amides is 1. The average molecular weight is 430 g/mol. The second kappa shape index (κ2) is 9.59. The Labute approximate surface area is 179 Å². The number of carbonyl (C=O) groups excluding carboxylic acids is 2. The van der Waals surface area contributed by atoms with Crippen molar-refractivity contribution in [2.24, 2.45) is 0 Å². The lowest BCUT2D eigenvalue weighted by atomic mass is 10.2. The monoisotopic (exact) mass is 429 g/mol. The van der Waals surface area contributed by atoms with E-state index in [4.69, 9.17) is 9.47 Å². The molecule has 0 aromatic heterocycles. The van der Waals surface area contributed by atoms with Gasteiger partial charge in [-0.1, -0.05) is 30.3 Å². The molecule has 0 radical (unpaired) electrons. The van der Waals surface area contributed by atoms with Crippen LogP contribution >= 0.6 is 23.5 Å². The Hall–Kier alpha value is -2.12. The largest absolute Gasteiger partial charge is 0.482 e. The third-order valence-electron chi connectivity index (χ3n) is 4.88. The number of benzene rings is 2. The summed E-state index contributed by atoms with van der Waals surface area (Å²) in [5, 5.41) is 0. The quantitative estimate of drug-likeness (QED) is 0.646. The highest BCUT2D eigenvalue weighted by atomic mass is 32.2. The SMILES string of the molecule is O=C(COc1ccc(C2SCCCS2)cc1)OCC(=O)N1CCc2ccccc21. The van der Waals surface area contributed by atoms with E-state index >= 15 is 0 Å². The molecule has 152 valence electrons. The number of para-hydroxylation sites is 1. The number of ether oxygens (including phenoxy) is 2. The van der Waals surface area contributed by atoms with E-state index in [1.54, 1.807) is 4.90 Å². The molecule has 4 rings (SSSR count). The fourth-order valence-electron chi connectivity index (χ4n) is 3.40. The normalized spacial score (nSPS) is 16.3. The maximum atomic E-state index is 12.4. The van der Waals surface area contributed by atoms with E-state index in [1.807, 2.05) is 72.1 Å². The minimum Gasteiger partial charge on any atom is -0.482 e. The van der Waals surface area contributed by atoms with Crippen LogP contribution in [0.1, 0.15) is 22.1 Å². The van der Waals surface area contributed by atoms with Crippen molar-refractivity contribution in [2.75, 3.05) is 36.2 Å². The van der Waals surface area contributed by atoms with E-state index in [9.17, 15) is 9.59 Å². The van der Waals surface area contributed by atoms with Gasteiger partial charge in [0.25, 0.3) is 5.91 Å². The van der Waals surface area contributed by atoms with Crippen LogP contribution in [0.25, 0.3) is 0 Å². The molecule has 1 fully saturated rings. The van der Waals surface area contributed by atoms with Gasteiger partial charge in [-0.05, 0) is 53.7 Å². The molecule has 29 heavy (non-hydrogen) atoms. The van der Waals surface area contributed by atoms with Crippen molar-refractivity contribution in [3.05, 3.63) is 59.7 Å². The second-order valence-corrected chi connectivity index (χ2v) is 9.59. The van der Waals surface area contributed by atoms with Crippen LogP contribution in [0, 0.1) is 0 Å². The minimum absolute atomic E-state index is 0.212. The van der Waals surface area contributed by atoms with Gasteiger partial charge in [0.2, 0.25) is 0 Å². The summed E-state index contributed by atoms with van der Waals surface area (Å²) in [6, 6.07) is 15.6. The van der Waals surface area contributed by atoms with Crippen LogP contribution in [-0.2, 0) is 20.7 Å². The molecule has 2 aliphatic heterocycles. The molecule has 0 saturated carbocycles. The molecule has 2 heterocycles. The molecule has 0 aliphatic carbocycles. The predicted octanol–water partition coefficient (Wildman–Crippen LogP) is 4.07. The Balaban J connectivity index is 1.22. The number of esters is 1. The fraction of sp³-hybridized carbons (Fsp3) is 0.364. The van der Waals surface area contributed by atoms with Crippen LogP contribution in [0.5, 0.6) is 5.75 Å². The first-order valence-corrected chi connectivity index (χ1v) is 11.8. The van der Waals surface area contributed by atoms with Gasteiger partial charge in [-0.3, -0.25) is 4.79 Å². The van der Waals surface area contributed by atoms with Crippen molar-refractivity contribution < 1.29 is 19.1 Å². The zero-order valence-electron chi connectivity index (χ0n) is 16.0. The molecule has 5 nitrogen and oxygen atoms in total. The highest BCUT2D eigenvalue weighted by molar-refractivity contribution is 8.16. The lowest BCUT2D eigenvalue weighted by Crippen LogP contribution is -2.33. The van der Waals surface area contributed by atoms with Gasteiger partial charge in [-0.25, -0.2) is 4.79 Å². The van der Waals surface area contributed by atoms with Gasteiger partial charge in [0.05, 0.1) is 4.58 Å². The van der Waals surface area contributed by atoms with Crippen LogP contribution in [0.2, 0.25) is 0 Å². The first kappa shape index (κ1) is 20.2. The van der Waals surface area contributed by atoms with E-state index < -0.39 is 5.97 Å². The number of nitrogens with zero attached hydrogens (tertiary/aromatic N) is 1. The fourth-order valence-corrected chi connectivity index (χ4v) is 6.30. The molecule has 7 heteroatoms. The first-order valence-electron chi connectivity index (χ1n) is 9.70. The third kappa shape index (κ3) is 5.08. The van der Waals surface area contributed by atoms with Gasteiger partial charge in [0.1, 0.15) is 5.75 Å². The Morgan fingerprint density at radius 2 is 1.76 bits per heavy atom. The highest BCUT2D eigenvalue weighted by Gasteiger charge is 2.25. The Morgan fingerprint density at radius 1 is 1.00 bits per heavy atom. The minimum atomic E-state index is -0.548. The zero-order chi connectivity index (χ0) is 20.1. The van der Waals surface area contributed by atoms with Crippen LogP contribution in [0.3, 0.4) is 0 Å². The molecule has 0 spiro atoms. The average Bonchev–Trinajstić information content (AvgIpc) is 3.21. The Morgan fingerprint density at radius 3 is 2.55 bits per heavy atom. The summed E-state index contributed by atoms with van der Waals surface area (Å²) in [6.07, 6.45) is 2.09. The lowest BCUT2D eigenvalue weighted by molar-refractivity contribution is -0.149. The van der Waals surface area contributed by atoms with E-state index in [-0.39, 0.29) is 19.1 Å². The summed E-state index contributed by atoms with van der Waals surface area (Å²) >= 11 is 3.94. The molecule has 0 N–H and O–H groups in total. The third-order valence-corrected chi connectivity index (χ3v) is 7.90. The van der Waals surface area contributed by atoms with Gasteiger partial charge in [0, 0.05) is 12.2 Å². The predicted molar refractivity (Wildman–Crippen MR) is 118 cm³/mol. The van der Waals surface area contributed by atoms with Crippen molar-refractivity contribution in [3.8, 4) is 5.75 Å². The molecule has 2 aromatic carbocycles. The summed E-state index contributed by atoms with van der Waals surface area (Å²) in [6.45, 7) is 0.137. The maximum absolute atomic E-state index is 12.4. The number of thioether (sulfide) groups is 2. The molecule has 0 atom stereocenters. The maximum Gasteiger partial charge on any atom is 0.344 e. The molecular formula is C22H23NO4S2. The number of anilines is 1. The smallest absolute Gasteiger partial charge is 0.344 e. The van der Waals surface area contributed by atoms with Gasteiger partial charge in [-0.15, -0.1) is 23.5 Å². The van der Waals surface area contributed by atoms with Gasteiger partial charge < -0.3 is 14.4 Å². The van der Waals surface area contributed by atoms with Gasteiger partial charge in [-0.2, -0.15) is 0 Å². The van der Waals surface area contributed by atoms with E-state index in [0.29, 0.717) is 16.9 Å². The molecule has 2 aliphatic rings. The number of carbonyl (C=O) groups is 2. The Bertz CT molecular complexity index is 865. The van der Waals surface area contributed by atoms with Gasteiger partial charge >= 0.3 is 5.97 Å². The number of rotatable bonds is 6. The van der Waals surface area contributed by atoms with Crippen molar-refractivity contribution in [1.29, 1.82) is 0 Å². The lowest BCUT2D eigenvalue weighted by Gasteiger charge is -2.21. The van der Waals surface area contributed by atoms with Gasteiger partial charge in [0.15, 0.2) is 13.2 Å². The van der Waals surface area contributed by atoms with E-state index in [0.717, 1.165) is 17.7 Å². The van der Waals surface area contributed by atoms with Crippen molar-refractivity contribution in [3.63, 3.8) is 0 Å². The first-order chi connectivity index (χ1) is 14.2. The van der Waals surface area contributed by atoms with Crippen LogP contribution < -0.4 is 9.64 Å². The summed E-state index contributed by atoms with van der Waals surface area (Å²) < 4.78 is 11.1. The molecule has 0 bridgehead atoms. The van der Waals surface area contributed by atoms with Crippen LogP contribution in [-0.4, -0.2) is 43.1 Å². The topological polar surface area (TPSA) is 55.8 Å². The van der Waals surface area contributed by atoms with Crippen LogP contribution in [0.15, 0.2) is 48.5 Å². The standard InChI is InChI=1S/C22H23NO4S2/c24-20(23-11-10-16-4-1-2-5-19(16)23)14-27-21(25)15-26-18-8-6-17(7-9-18)22-28-12-3-13-29-22/h1-2,4-9,22H,3,10-15H2. The molecule has 2 aromatic rings. The highest BCUT2D eigenvalue weighted by Crippen LogP contribution is 2.43. The molecule has 1 amide bonds. The molecule has 0 unspecified atom stereocenters. The van der Waals surface area contributed by atoms with Crippen molar-refractivity contribution in [2.45, 2.75) is 17.4 Å². The van der Waals surface area contributed by atoms with Crippen molar-refractivity contribution >= 4 is 41.1 Å². The van der Waals surface area contributed by atoms with Crippen LogP contribution in [0.4, 0.5) is 5.69 Å². The number of hydrogen-bond acceptors (Lipinski definition) is 6. The molecule has 1 saturated heterocycles.